The van der Waals surface area contributed by atoms with Gasteiger partial charge in [-0.05, 0) is 76.2 Å². The zero-order valence-electron chi connectivity index (χ0n) is 16.8. The van der Waals surface area contributed by atoms with Crippen LogP contribution in [0.3, 0.4) is 0 Å². The van der Waals surface area contributed by atoms with Crippen molar-refractivity contribution in [3.8, 4) is 11.5 Å². The van der Waals surface area contributed by atoms with E-state index in [1.165, 1.54) is 0 Å². The molecule has 2 rings (SSSR count). The van der Waals surface area contributed by atoms with Crippen molar-refractivity contribution in [3.63, 3.8) is 0 Å². The summed E-state index contributed by atoms with van der Waals surface area (Å²) in [7, 11) is 0. The van der Waals surface area contributed by atoms with Gasteiger partial charge in [-0.1, -0.05) is 0 Å². The third-order valence-electron chi connectivity index (χ3n) is 3.67. The van der Waals surface area contributed by atoms with Gasteiger partial charge in [0.15, 0.2) is 0 Å². The Balaban J connectivity index is 1.74. The maximum atomic E-state index is 12.1. The fourth-order valence-corrected chi connectivity index (χ4v) is 2.47. The quantitative estimate of drug-likeness (QED) is 0.650. The Bertz CT molecular complexity index is 701. The summed E-state index contributed by atoms with van der Waals surface area (Å²) in [6.07, 6.45) is 0.171. The molecule has 150 valence electrons. The Morgan fingerprint density at radius 2 is 1.00 bits per heavy atom. The molecule has 0 heterocycles. The maximum Gasteiger partial charge on any atom is 0.251 e. The van der Waals surface area contributed by atoms with Crippen LogP contribution in [-0.4, -0.2) is 37.1 Å². The molecule has 2 aromatic rings. The van der Waals surface area contributed by atoms with E-state index in [9.17, 15) is 9.59 Å². The number of nitrogens with one attached hydrogen (secondary N) is 2. The van der Waals surface area contributed by atoms with Gasteiger partial charge < -0.3 is 20.1 Å². The van der Waals surface area contributed by atoms with Crippen molar-refractivity contribution in [2.75, 3.05) is 13.1 Å². The smallest absolute Gasteiger partial charge is 0.251 e. The van der Waals surface area contributed by atoms with E-state index in [1.807, 2.05) is 27.7 Å². The van der Waals surface area contributed by atoms with Gasteiger partial charge in [-0.3, -0.25) is 9.59 Å². The van der Waals surface area contributed by atoms with E-state index in [-0.39, 0.29) is 24.0 Å². The lowest BCUT2D eigenvalue weighted by atomic mass is 10.2. The van der Waals surface area contributed by atoms with E-state index in [0.717, 1.165) is 11.5 Å². The summed E-state index contributed by atoms with van der Waals surface area (Å²) in [6.45, 7) is 8.46. The van der Waals surface area contributed by atoms with Gasteiger partial charge in [0, 0.05) is 24.2 Å². The predicted octanol–water partition coefficient (Wildman–Crippen LogP) is 3.42. The summed E-state index contributed by atoms with van der Waals surface area (Å²) < 4.78 is 11.1. The van der Waals surface area contributed by atoms with Gasteiger partial charge in [-0.15, -0.1) is 0 Å². The molecule has 2 N–H and O–H groups in total. The van der Waals surface area contributed by atoms with E-state index in [0.29, 0.717) is 24.2 Å². The molecule has 2 aromatic carbocycles. The van der Waals surface area contributed by atoms with Gasteiger partial charge in [0.1, 0.15) is 11.5 Å². The first-order valence-electron chi connectivity index (χ1n) is 9.45. The number of hydrogen-bond acceptors (Lipinski definition) is 4. The standard InChI is InChI=1S/C22H28N2O4/c1-15(2)27-19-9-5-17(6-10-19)21(25)23-13-14-24-22(26)18-7-11-20(12-8-18)28-16(3)4/h5-12,15-16H,13-14H2,1-4H3,(H,23,25)(H,24,26). The van der Waals surface area contributed by atoms with Crippen LogP contribution >= 0.6 is 0 Å². The van der Waals surface area contributed by atoms with Gasteiger partial charge in [0.2, 0.25) is 0 Å². The normalized spacial score (nSPS) is 10.6. The minimum atomic E-state index is -0.194. The number of carbonyl (C=O) groups is 2. The molecule has 0 bridgehead atoms. The van der Waals surface area contributed by atoms with Gasteiger partial charge in [-0.2, -0.15) is 0 Å². The van der Waals surface area contributed by atoms with E-state index >= 15 is 0 Å². The summed E-state index contributed by atoms with van der Waals surface area (Å²) in [6, 6.07) is 13.9. The molecule has 0 aromatic heterocycles. The lowest BCUT2D eigenvalue weighted by Gasteiger charge is -2.11. The molecule has 0 aliphatic rings. The molecule has 0 aliphatic heterocycles. The zero-order valence-corrected chi connectivity index (χ0v) is 16.8. The largest absolute Gasteiger partial charge is 0.491 e. The first kappa shape index (κ1) is 21.3. The van der Waals surface area contributed by atoms with Crippen LogP contribution in [0.5, 0.6) is 11.5 Å². The van der Waals surface area contributed by atoms with E-state index < -0.39 is 0 Å². The number of hydrogen-bond donors (Lipinski definition) is 2. The number of rotatable bonds is 9. The molecule has 2 amide bonds. The average Bonchev–Trinajstić information content (AvgIpc) is 2.65. The highest BCUT2D eigenvalue weighted by Crippen LogP contribution is 2.14. The third kappa shape index (κ3) is 6.95. The highest BCUT2D eigenvalue weighted by Gasteiger charge is 2.08. The Hall–Kier alpha value is -3.02. The summed E-state index contributed by atoms with van der Waals surface area (Å²) in [5, 5.41) is 5.56. The van der Waals surface area contributed by atoms with Crippen LogP contribution in [0.1, 0.15) is 48.4 Å². The molecule has 0 atom stereocenters. The molecule has 0 aliphatic carbocycles. The highest BCUT2D eigenvalue weighted by molar-refractivity contribution is 5.95. The Kier molecular flexibility index (Phi) is 7.87. The molecule has 0 unspecified atom stereocenters. The van der Waals surface area contributed by atoms with Crippen LogP contribution in [0, 0.1) is 0 Å². The van der Waals surface area contributed by atoms with E-state index in [1.54, 1.807) is 48.5 Å². The fraction of sp³-hybridized carbons (Fsp3) is 0.364. The molecule has 0 saturated carbocycles. The predicted molar refractivity (Wildman–Crippen MR) is 109 cm³/mol. The Morgan fingerprint density at radius 3 is 1.29 bits per heavy atom. The first-order valence-corrected chi connectivity index (χ1v) is 9.45. The topological polar surface area (TPSA) is 76.7 Å². The van der Waals surface area contributed by atoms with E-state index in [2.05, 4.69) is 10.6 Å². The Labute approximate surface area is 166 Å². The van der Waals surface area contributed by atoms with Gasteiger partial charge in [0.25, 0.3) is 11.8 Å². The van der Waals surface area contributed by atoms with Crippen LogP contribution in [0.25, 0.3) is 0 Å². The minimum Gasteiger partial charge on any atom is -0.491 e. The monoisotopic (exact) mass is 384 g/mol. The second-order valence-electron chi connectivity index (χ2n) is 6.89. The Morgan fingerprint density at radius 1 is 0.679 bits per heavy atom. The third-order valence-corrected chi connectivity index (χ3v) is 3.67. The SMILES string of the molecule is CC(C)Oc1ccc(C(=O)NCCNC(=O)c2ccc(OC(C)C)cc2)cc1. The molecule has 0 fully saturated rings. The van der Waals surface area contributed by atoms with Gasteiger partial charge in [-0.25, -0.2) is 0 Å². The van der Waals surface area contributed by atoms with Crippen molar-refractivity contribution < 1.29 is 19.1 Å². The van der Waals surface area contributed by atoms with Crippen molar-refractivity contribution in [2.24, 2.45) is 0 Å². The molecular weight excluding hydrogens is 356 g/mol. The van der Waals surface area contributed by atoms with Gasteiger partial charge >= 0.3 is 0 Å². The lowest BCUT2D eigenvalue weighted by molar-refractivity contribution is 0.0927. The van der Waals surface area contributed by atoms with Crippen LogP contribution in [-0.2, 0) is 0 Å². The van der Waals surface area contributed by atoms with Crippen molar-refractivity contribution in [1.82, 2.24) is 10.6 Å². The molecule has 28 heavy (non-hydrogen) atoms. The summed E-state index contributed by atoms with van der Waals surface area (Å²) in [4.78, 5) is 24.3. The average molecular weight is 384 g/mol. The zero-order chi connectivity index (χ0) is 20.5. The molecule has 6 heteroatoms. The van der Waals surface area contributed by atoms with Crippen LogP contribution in [0.4, 0.5) is 0 Å². The number of carbonyl (C=O) groups excluding carboxylic acids is 2. The minimum absolute atomic E-state index is 0.0854. The summed E-state index contributed by atoms with van der Waals surface area (Å²) >= 11 is 0. The number of benzene rings is 2. The van der Waals surface area contributed by atoms with Crippen molar-refractivity contribution in [2.45, 2.75) is 39.9 Å². The lowest BCUT2D eigenvalue weighted by Crippen LogP contribution is -2.34. The number of ether oxygens (including phenoxy) is 2. The van der Waals surface area contributed by atoms with Crippen LogP contribution in [0.2, 0.25) is 0 Å². The van der Waals surface area contributed by atoms with Gasteiger partial charge in [0.05, 0.1) is 12.2 Å². The highest BCUT2D eigenvalue weighted by atomic mass is 16.5. The molecule has 6 nitrogen and oxygen atoms in total. The van der Waals surface area contributed by atoms with E-state index in [4.69, 9.17) is 9.47 Å². The summed E-state index contributed by atoms with van der Waals surface area (Å²) in [5.41, 5.74) is 1.09. The summed E-state index contributed by atoms with van der Waals surface area (Å²) in [5.74, 6) is 1.06. The van der Waals surface area contributed by atoms with Crippen molar-refractivity contribution in [1.29, 1.82) is 0 Å². The second kappa shape index (κ2) is 10.3. The molecule has 0 saturated heterocycles. The second-order valence-corrected chi connectivity index (χ2v) is 6.89. The molecule has 0 spiro atoms. The maximum absolute atomic E-state index is 12.1. The van der Waals surface area contributed by atoms with Crippen molar-refractivity contribution in [3.05, 3.63) is 59.7 Å². The first-order chi connectivity index (χ1) is 13.3. The molecule has 0 radical (unpaired) electrons. The molecular formula is C22H28N2O4. The van der Waals surface area contributed by atoms with Crippen LogP contribution in [0.15, 0.2) is 48.5 Å². The fourth-order valence-electron chi connectivity index (χ4n) is 2.47. The van der Waals surface area contributed by atoms with Crippen LogP contribution < -0.4 is 20.1 Å². The number of amides is 2. The van der Waals surface area contributed by atoms with Crippen molar-refractivity contribution >= 4 is 11.8 Å².